The number of carbonyl (C=O) groups excluding carboxylic acids is 1. The first-order valence-electron chi connectivity index (χ1n) is 9.37. The predicted molar refractivity (Wildman–Crippen MR) is 103 cm³/mol. The van der Waals surface area contributed by atoms with E-state index in [4.69, 9.17) is 9.84 Å². The molecule has 1 atom stereocenters. The molecule has 2 aromatic rings. The van der Waals surface area contributed by atoms with Crippen molar-refractivity contribution in [1.29, 1.82) is 0 Å². The van der Waals surface area contributed by atoms with E-state index in [2.05, 4.69) is 31.2 Å². The van der Waals surface area contributed by atoms with Crippen molar-refractivity contribution in [3.63, 3.8) is 0 Å². The second-order valence-electron chi connectivity index (χ2n) is 6.80. The van der Waals surface area contributed by atoms with Crippen LogP contribution in [0.2, 0.25) is 0 Å². The summed E-state index contributed by atoms with van der Waals surface area (Å²) in [5.41, 5.74) is 3.62. The summed E-state index contributed by atoms with van der Waals surface area (Å²) in [6, 6.07) is 15.1. The maximum absolute atomic E-state index is 12.6. The summed E-state index contributed by atoms with van der Waals surface area (Å²) in [4.78, 5) is 25.4. The summed E-state index contributed by atoms with van der Waals surface area (Å²) in [5, 5.41) is 8.94. The number of hydrogen-bond acceptors (Lipinski definition) is 3. The van der Waals surface area contributed by atoms with Crippen molar-refractivity contribution in [3.8, 4) is 0 Å². The van der Waals surface area contributed by atoms with Crippen molar-refractivity contribution in [2.24, 2.45) is 0 Å². The fraction of sp³-hybridized carbons (Fsp3) is 0.364. The minimum atomic E-state index is -0.941. The summed E-state index contributed by atoms with van der Waals surface area (Å²) in [6.07, 6.45) is 1.94. The van der Waals surface area contributed by atoms with Gasteiger partial charge in [0.1, 0.15) is 6.10 Å². The molecular formula is C22H25NO4. The molecule has 1 unspecified atom stereocenters. The fourth-order valence-corrected chi connectivity index (χ4v) is 3.27. The molecule has 0 radical (unpaired) electrons. The number of carboxylic acids is 1. The van der Waals surface area contributed by atoms with Gasteiger partial charge in [0.25, 0.3) is 0 Å². The van der Waals surface area contributed by atoms with Crippen LogP contribution in [0.5, 0.6) is 0 Å². The highest BCUT2D eigenvalue weighted by molar-refractivity contribution is 5.87. The summed E-state index contributed by atoms with van der Waals surface area (Å²) >= 11 is 0. The van der Waals surface area contributed by atoms with E-state index >= 15 is 0 Å². The van der Waals surface area contributed by atoms with Crippen LogP contribution >= 0.6 is 0 Å². The van der Waals surface area contributed by atoms with Crippen molar-refractivity contribution in [2.45, 2.75) is 32.3 Å². The smallest absolute Gasteiger partial charge is 0.335 e. The van der Waals surface area contributed by atoms with E-state index in [9.17, 15) is 9.59 Å². The molecule has 0 bridgehead atoms. The van der Waals surface area contributed by atoms with Gasteiger partial charge in [-0.05, 0) is 41.7 Å². The normalized spacial score (nSPS) is 16.9. The van der Waals surface area contributed by atoms with Gasteiger partial charge in [-0.3, -0.25) is 4.79 Å². The number of amides is 1. The Morgan fingerprint density at radius 1 is 1.07 bits per heavy atom. The van der Waals surface area contributed by atoms with Crippen LogP contribution in [0.3, 0.4) is 0 Å². The molecular weight excluding hydrogens is 342 g/mol. The third kappa shape index (κ3) is 4.95. The van der Waals surface area contributed by atoms with Crippen LogP contribution in [0, 0.1) is 0 Å². The quantitative estimate of drug-likeness (QED) is 0.849. The van der Waals surface area contributed by atoms with Crippen LogP contribution in [-0.2, 0) is 22.4 Å². The van der Waals surface area contributed by atoms with Gasteiger partial charge >= 0.3 is 5.97 Å². The summed E-state index contributed by atoms with van der Waals surface area (Å²) in [7, 11) is 0. The molecule has 2 aromatic carbocycles. The molecule has 5 heteroatoms. The van der Waals surface area contributed by atoms with Crippen LogP contribution < -0.4 is 0 Å². The monoisotopic (exact) mass is 367 g/mol. The van der Waals surface area contributed by atoms with Gasteiger partial charge in [-0.1, -0.05) is 43.3 Å². The maximum atomic E-state index is 12.6. The third-order valence-electron chi connectivity index (χ3n) is 5.01. The number of carboxylic acid groups (broad SMARTS) is 1. The van der Waals surface area contributed by atoms with Crippen LogP contribution in [0.1, 0.15) is 46.5 Å². The number of rotatable bonds is 6. The molecule has 1 aliphatic heterocycles. The van der Waals surface area contributed by atoms with Crippen LogP contribution in [0.25, 0.3) is 0 Å². The molecule has 0 saturated carbocycles. The van der Waals surface area contributed by atoms with Crippen molar-refractivity contribution < 1.29 is 19.4 Å². The molecule has 142 valence electrons. The number of benzene rings is 2. The summed E-state index contributed by atoms with van der Waals surface area (Å²) in [6.45, 7) is 3.85. The summed E-state index contributed by atoms with van der Waals surface area (Å²) in [5.74, 6) is -0.834. The molecule has 1 N–H and O–H groups in total. The summed E-state index contributed by atoms with van der Waals surface area (Å²) < 4.78 is 5.87. The topological polar surface area (TPSA) is 66.8 Å². The first-order chi connectivity index (χ1) is 13.1. The van der Waals surface area contributed by atoms with Gasteiger partial charge in [0.05, 0.1) is 18.7 Å². The Labute approximate surface area is 159 Å². The molecule has 1 amide bonds. The Hall–Kier alpha value is -2.66. The van der Waals surface area contributed by atoms with Gasteiger partial charge in [0, 0.05) is 13.0 Å². The zero-order valence-corrected chi connectivity index (χ0v) is 15.6. The lowest BCUT2D eigenvalue weighted by Gasteiger charge is -2.33. The fourth-order valence-electron chi connectivity index (χ4n) is 3.27. The highest BCUT2D eigenvalue weighted by Gasteiger charge is 2.25. The Bertz CT molecular complexity index is 783. The van der Waals surface area contributed by atoms with E-state index in [1.807, 2.05) is 4.90 Å². The van der Waals surface area contributed by atoms with E-state index in [1.54, 1.807) is 24.3 Å². The van der Waals surface area contributed by atoms with Crippen LogP contribution in [0.4, 0.5) is 0 Å². The molecule has 5 nitrogen and oxygen atoms in total. The molecule has 1 aliphatic rings. The van der Waals surface area contributed by atoms with Crippen LogP contribution in [-0.4, -0.2) is 41.6 Å². The number of nitrogens with zero attached hydrogens (tertiary/aromatic N) is 1. The minimum absolute atomic E-state index is 0.0801. The van der Waals surface area contributed by atoms with Crippen molar-refractivity contribution in [2.75, 3.05) is 19.7 Å². The standard InChI is InChI=1S/C22H25NO4/c1-2-16-3-8-18(9-4-16)20-15-23(13-14-27-20)21(24)12-7-17-5-10-19(11-6-17)22(25)26/h3-6,8-11,20H,2,7,12-15H2,1H3,(H,25,26). The maximum Gasteiger partial charge on any atom is 0.335 e. The first kappa shape index (κ1) is 19.1. The number of carbonyl (C=O) groups is 2. The molecule has 27 heavy (non-hydrogen) atoms. The van der Waals surface area contributed by atoms with Crippen LogP contribution in [0.15, 0.2) is 48.5 Å². The lowest BCUT2D eigenvalue weighted by Crippen LogP contribution is -2.42. The second kappa shape index (κ2) is 8.82. The zero-order valence-electron chi connectivity index (χ0n) is 15.6. The Morgan fingerprint density at radius 3 is 2.37 bits per heavy atom. The van der Waals surface area contributed by atoms with E-state index in [0.717, 1.165) is 17.5 Å². The highest BCUT2D eigenvalue weighted by atomic mass is 16.5. The molecule has 3 rings (SSSR count). The van der Waals surface area contributed by atoms with Gasteiger partial charge in [-0.25, -0.2) is 4.79 Å². The number of morpholine rings is 1. The van der Waals surface area contributed by atoms with Crippen molar-refractivity contribution in [3.05, 3.63) is 70.8 Å². The Morgan fingerprint density at radius 2 is 1.74 bits per heavy atom. The van der Waals surface area contributed by atoms with Gasteiger partial charge < -0.3 is 14.7 Å². The molecule has 1 saturated heterocycles. The van der Waals surface area contributed by atoms with E-state index < -0.39 is 5.97 Å². The highest BCUT2D eigenvalue weighted by Crippen LogP contribution is 2.23. The number of aryl methyl sites for hydroxylation is 2. The second-order valence-corrected chi connectivity index (χ2v) is 6.80. The number of ether oxygens (including phenoxy) is 1. The van der Waals surface area contributed by atoms with E-state index in [0.29, 0.717) is 32.5 Å². The molecule has 1 fully saturated rings. The van der Waals surface area contributed by atoms with Crippen molar-refractivity contribution >= 4 is 11.9 Å². The van der Waals surface area contributed by atoms with E-state index in [1.165, 1.54) is 5.56 Å². The molecule has 0 aliphatic carbocycles. The average Bonchev–Trinajstić information content (AvgIpc) is 2.72. The van der Waals surface area contributed by atoms with Gasteiger partial charge in [0.15, 0.2) is 0 Å². The Balaban J connectivity index is 1.55. The molecule has 0 spiro atoms. The largest absolute Gasteiger partial charge is 0.478 e. The minimum Gasteiger partial charge on any atom is -0.478 e. The average molecular weight is 367 g/mol. The predicted octanol–water partition coefficient (Wildman–Crippen LogP) is 3.48. The lowest BCUT2D eigenvalue weighted by molar-refractivity contribution is -0.139. The molecule has 1 heterocycles. The van der Waals surface area contributed by atoms with Gasteiger partial charge in [-0.15, -0.1) is 0 Å². The first-order valence-corrected chi connectivity index (χ1v) is 9.37. The third-order valence-corrected chi connectivity index (χ3v) is 5.01. The number of aromatic carboxylic acids is 1. The Kier molecular flexibility index (Phi) is 6.24. The van der Waals surface area contributed by atoms with Gasteiger partial charge in [-0.2, -0.15) is 0 Å². The van der Waals surface area contributed by atoms with Crippen molar-refractivity contribution in [1.82, 2.24) is 4.90 Å². The zero-order chi connectivity index (χ0) is 19.2. The SMILES string of the molecule is CCc1ccc(C2CN(C(=O)CCc3ccc(C(=O)O)cc3)CCO2)cc1. The van der Waals surface area contributed by atoms with Gasteiger partial charge in [0.2, 0.25) is 5.91 Å². The van der Waals surface area contributed by atoms with E-state index in [-0.39, 0.29) is 17.6 Å². The number of hydrogen-bond donors (Lipinski definition) is 1. The lowest BCUT2D eigenvalue weighted by atomic mass is 10.0. The molecule has 0 aromatic heterocycles.